The summed E-state index contributed by atoms with van der Waals surface area (Å²) in [4.78, 5) is 38.9. The fourth-order valence-corrected chi connectivity index (χ4v) is 4.96. The molecule has 1 amide bonds. The second-order valence-corrected chi connectivity index (χ2v) is 8.60. The molecule has 2 N–H and O–H groups in total. The average Bonchev–Trinajstić information content (AvgIpc) is 3.26. The number of aromatic hydroxyl groups is 1. The zero-order chi connectivity index (χ0) is 23.2. The molecule has 2 heterocycles. The zero-order valence-corrected chi connectivity index (χ0v) is 17.3. The fraction of sp³-hybridized carbons (Fsp3) is 0.409. The molecule has 1 aromatic carbocycles. The summed E-state index contributed by atoms with van der Waals surface area (Å²) in [7, 11) is 1.97. The molecule has 7 nitrogen and oxygen atoms in total. The third-order valence-corrected chi connectivity index (χ3v) is 6.68. The molecule has 32 heavy (non-hydrogen) atoms. The van der Waals surface area contributed by atoms with E-state index in [0.29, 0.717) is 30.9 Å². The SMILES string of the molecule is CN1CC2CCC1(Cn1cc(C(=O)NCc3c(F)cc(F)cc3F)c(=O)c(O)c1C=O)C2. The summed E-state index contributed by atoms with van der Waals surface area (Å²) < 4.78 is 42.1. The van der Waals surface area contributed by atoms with Crippen molar-refractivity contribution >= 4 is 12.2 Å². The van der Waals surface area contributed by atoms with Crippen LogP contribution in [0.5, 0.6) is 5.75 Å². The van der Waals surface area contributed by atoms with Gasteiger partial charge in [-0.2, -0.15) is 0 Å². The van der Waals surface area contributed by atoms with Gasteiger partial charge in [-0.1, -0.05) is 0 Å². The molecule has 1 aromatic heterocycles. The Morgan fingerprint density at radius 3 is 2.56 bits per heavy atom. The van der Waals surface area contributed by atoms with Crippen molar-refractivity contribution in [1.82, 2.24) is 14.8 Å². The van der Waals surface area contributed by atoms with E-state index >= 15 is 0 Å². The molecule has 2 fully saturated rings. The molecule has 1 saturated carbocycles. The molecule has 2 bridgehead atoms. The molecule has 1 saturated heterocycles. The highest BCUT2D eigenvalue weighted by Gasteiger charge is 2.49. The number of carbonyl (C=O) groups is 2. The van der Waals surface area contributed by atoms with Crippen LogP contribution in [0.15, 0.2) is 23.1 Å². The first-order chi connectivity index (χ1) is 15.1. The van der Waals surface area contributed by atoms with Gasteiger partial charge in [-0.15, -0.1) is 0 Å². The molecular formula is C22H22F3N3O4. The van der Waals surface area contributed by atoms with Crippen molar-refractivity contribution in [1.29, 1.82) is 0 Å². The quantitative estimate of drug-likeness (QED) is 0.660. The van der Waals surface area contributed by atoms with Crippen LogP contribution in [0.4, 0.5) is 13.2 Å². The minimum absolute atomic E-state index is 0.236. The Labute approximate surface area is 181 Å². The molecule has 0 radical (unpaired) electrons. The molecule has 2 atom stereocenters. The molecule has 4 rings (SSSR count). The predicted octanol–water partition coefficient (Wildman–Crippen LogP) is 2.20. The molecule has 0 spiro atoms. The van der Waals surface area contributed by atoms with Crippen LogP contribution >= 0.6 is 0 Å². The van der Waals surface area contributed by atoms with Crippen LogP contribution < -0.4 is 10.7 Å². The van der Waals surface area contributed by atoms with Crippen LogP contribution in [0.1, 0.15) is 45.7 Å². The second-order valence-electron chi connectivity index (χ2n) is 8.60. The van der Waals surface area contributed by atoms with E-state index in [1.54, 1.807) is 0 Å². The number of piperidine rings is 1. The zero-order valence-electron chi connectivity index (χ0n) is 17.3. The van der Waals surface area contributed by atoms with E-state index in [1.165, 1.54) is 10.8 Å². The number of likely N-dealkylation sites (N-methyl/N-ethyl adjacent to an activating group) is 1. The minimum atomic E-state index is -1.18. The standard InChI is InChI=1S/C22H22F3N3O4/c1-27-8-12-2-3-22(27,6-12)11-28-9-15(19(30)20(31)18(28)10-29)21(32)26-7-14-16(24)4-13(23)5-17(14)25/h4-5,9-10,12,31H,2-3,6-8,11H2,1H3,(H,26,32). The maximum absolute atomic E-state index is 13.8. The lowest BCUT2D eigenvalue weighted by molar-refractivity contribution is 0.0943. The van der Waals surface area contributed by atoms with E-state index in [1.807, 2.05) is 7.05 Å². The first kappa shape index (κ1) is 22.1. The highest BCUT2D eigenvalue weighted by atomic mass is 19.1. The Morgan fingerprint density at radius 1 is 1.31 bits per heavy atom. The molecule has 2 aliphatic rings. The Hall–Kier alpha value is -3.14. The summed E-state index contributed by atoms with van der Waals surface area (Å²) in [6.07, 6.45) is 4.37. The molecule has 10 heteroatoms. The highest BCUT2D eigenvalue weighted by Crippen LogP contribution is 2.46. The smallest absolute Gasteiger partial charge is 0.257 e. The topological polar surface area (TPSA) is 91.6 Å². The van der Waals surface area contributed by atoms with Crippen molar-refractivity contribution in [3.8, 4) is 5.75 Å². The van der Waals surface area contributed by atoms with Gasteiger partial charge in [0.2, 0.25) is 5.43 Å². The van der Waals surface area contributed by atoms with Gasteiger partial charge in [0.05, 0.1) is 0 Å². The summed E-state index contributed by atoms with van der Waals surface area (Å²) >= 11 is 0. The minimum Gasteiger partial charge on any atom is -0.503 e. The lowest BCUT2D eigenvalue weighted by Crippen LogP contribution is -2.46. The van der Waals surface area contributed by atoms with Gasteiger partial charge in [-0.3, -0.25) is 19.3 Å². The second kappa shape index (κ2) is 8.09. The Balaban J connectivity index is 1.63. The lowest BCUT2D eigenvalue weighted by atomic mass is 9.96. The van der Waals surface area contributed by atoms with Gasteiger partial charge in [0.25, 0.3) is 5.91 Å². The third-order valence-electron chi connectivity index (χ3n) is 6.68. The Bertz CT molecular complexity index is 1140. The van der Waals surface area contributed by atoms with E-state index in [0.717, 1.165) is 25.8 Å². The number of fused-ring (bicyclic) bond motifs is 2. The van der Waals surface area contributed by atoms with E-state index in [-0.39, 0.29) is 11.2 Å². The molecule has 2 aromatic rings. The van der Waals surface area contributed by atoms with Crippen LogP contribution in [0.3, 0.4) is 0 Å². The number of nitrogens with one attached hydrogen (secondary N) is 1. The number of likely N-dealkylation sites (tertiary alicyclic amines) is 1. The molecule has 1 aliphatic carbocycles. The number of nitrogens with zero attached hydrogens (tertiary/aromatic N) is 2. The lowest BCUT2D eigenvalue weighted by Gasteiger charge is -2.37. The number of hydrogen-bond donors (Lipinski definition) is 2. The maximum Gasteiger partial charge on any atom is 0.257 e. The summed E-state index contributed by atoms with van der Waals surface area (Å²) in [5.74, 6) is -4.77. The number of halogens is 3. The van der Waals surface area contributed by atoms with Crippen LogP contribution in [-0.2, 0) is 13.1 Å². The van der Waals surface area contributed by atoms with E-state index in [4.69, 9.17) is 0 Å². The maximum atomic E-state index is 13.8. The third kappa shape index (κ3) is 3.68. The van der Waals surface area contributed by atoms with Gasteiger partial charge in [0.15, 0.2) is 12.0 Å². The molecule has 1 aliphatic heterocycles. The van der Waals surface area contributed by atoms with E-state index in [2.05, 4.69) is 10.2 Å². The summed E-state index contributed by atoms with van der Waals surface area (Å²) in [6, 6.07) is 0.961. The number of hydrogen-bond acceptors (Lipinski definition) is 5. The number of carbonyl (C=O) groups excluding carboxylic acids is 2. The van der Waals surface area contributed by atoms with Crippen molar-refractivity contribution in [2.75, 3.05) is 13.6 Å². The molecule has 2 unspecified atom stereocenters. The first-order valence-electron chi connectivity index (χ1n) is 10.2. The summed E-state index contributed by atoms with van der Waals surface area (Å²) in [6.45, 7) is 0.564. The Morgan fingerprint density at radius 2 is 2.00 bits per heavy atom. The van der Waals surface area contributed by atoms with Crippen LogP contribution in [0.25, 0.3) is 0 Å². The van der Waals surface area contributed by atoms with E-state index in [9.17, 15) is 32.7 Å². The van der Waals surface area contributed by atoms with Crippen molar-refractivity contribution < 1.29 is 27.9 Å². The van der Waals surface area contributed by atoms with Crippen molar-refractivity contribution in [3.63, 3.8) is 0 Å². The number of rotatable bonds is 6. The number of amides is 1. The number of aldehydes is 1. The van der Waals surface area contributed by atoms with E-state index < -0.39 is 52.2 Å². The Kier molecular flexibility index (Phi) is 5.58. The van der Waals surface area contributed by atoms with Gasteiger partial charge in [0.1, 0.15) is 28.7 Å². The van der Waals surface area contributed by atoms with Crippen LogP contribution in [-0.4, -0.2) is 45.9 Å². The van der Waals surface area contributed by atoms with Crippen molar-refractivity contribution in [3.05, 3.63) is 62.8 Å². The van der Waals surface area contributed by atoms with Gasteiger partial charge < -0.3 is 15.0 Å². The number of benzene rings is 1. The normalized spacial score (nSPS) is 22.3. The monoisotopic (exact) mass is 449 g/mol. The summed E-state index contributed by atoms with van der Waals surface area (Å²) in [5, 5.41) is 12.5. The summed E-state index contributed by atoms with van der Waals surface area (Å²) in [5.41, 5.74) is -2.60. The number of pyridine rings is 1. The van der Waals surface area contributed by atoms with Crippen LogP contribution in [0.2, 0.25) is 0 Å². The van der Waals surface area contributed by atoms with Crippen LogP contribution in [0, 0.1) is 23.4 Å². The molecular weight excluding hydrogens is 427 g/mol. The average molecular weight is 449 g/mol. The van der Waals surface area contributed by atoms with Crippen molar-refractivity contribution in [2.45, 2.75) is 37.9 Å². The van der Waals surface area contributed by atoms with Crippen molar-refractivity contribution in [2.24, 2.45) is 5.92 Å². The largest absolute Gasteiger partial charge is 0.503 e. The fourth-order valence-electron chi connectivity index (χ4n) is 4.96. The number of aromatic nitrogens is 1. The molecule has 170 valence electrons. The van der Waals surface area contributed by atoms with Gasteiger partial charge in [-0.25, -0.2) is 13.2 Å². The first-order valence-corrected chi connectivity index (χ1v) is 10.2. The van der Waals surface area contributed by atoms with Gasteiger partial charge >= 0.3 is 0 Å². The highest BCUT2D eigenvalue weighted by molar-refractivity contribution is 5.95. The van der Waals surface area contributed by atoms with Gasteiger partial charge in [-0.05, 0) is 32.2 Å². The predicted molar refractivity (Wildman–Crippen MR) is 108 cm³/mol. The van der Waals surface area contributed by atoms with Gasteiger partial charge in [0, 0.05) is 49.1 Å².